The molecule has 0 aliphatic carbocycles. The molecule has 3 aromatic rings. The Morgan fingerprint density at radius 3 is 2.60 bits per heavy atom. The number of aromatic nitrogens is 3. The van der Waals surface area contributed by atoms with Crippen LogP contribution in [0.3, 0.4) is 0 Å². The standard InChI is InChI=1S/C23H26N4O2S/c1-17-7-6-14-26(15-17)21(28)16-30-23-25-24-22(18-10-12-20(29-2)13-11-18)27(23)19-8-4-3-5-9-19/h3-5,8-13,17H,6-7,14-16H2,1-2H3. The van der Waals surface area contributed by atoms with Crippen LogP contribution in [0.15, 0.2) is 59.8 Å². The zero-order chi connectivity index (χ0) is 20.9. The SMILES string of the molecule is COc1ccc(-c2nnc(SCC(=O)N3CCCC(C)C3)n2-c2ccccc2)cc1. The molecule has 6 nitrogen and oxygen atoms in total. The van der Waals surface area contributed by atoms with E-state index in [1.807, 2.05) is 64.1 Å². The molecule has 1 amide bonds. The van der Waals surface area contributed by atoms with E-state index in [1.165, 1.54) is 18.2 Å². The molecule has 0 spiro atoms. The molecule has 0 radical (unpaired) electrons. The van der Waals surface area contributed by atoms with Crippen molar-refractivity contribution in [3.8, 4) is 22.8 Å². The van der Waals surface area contributed by atoms with Crippen LogP contribution in [-0.4, -0.2) is 51.5 Å². The monoisotopic (exact) mass is 422 g/mol. The summed E-state index contributed by atoms with van der Waals surface area (Å²) in [7, 11) is 1.65. The van der Waals surface area contributed by atoms with E-state index in [0.29, 0.717) is 16.8 Å². The number of nitrogens with zero attached hydrogens (tertiary/aromatic N) is 4. The minimum absolute atomic E-state index is 0.167. The van der Waals surface area contributed by atoms with Gasteiger partial charge < -0.3 is 9.64 Å². The fraction of sp³-hybridized carbons (Fsp3) is 0.348. The number of hydrogen-bond acceptors (Lipinski definition) is 5. The van der Waals surface area contributed by atoms with Gasteiger partial charge in [0.05, 0.1) is 12.9 Å². The van der Waals surface area contributed by atoms with Gasteiger partial charge in [-0.05, 0) is 55.2 Å². The molecule has 0 N–H and O–H groups in total. The number of methoxy groups -OCH3 is 1. The number of ether oxygens (including phenoxy) is 1. The largest absolute Gasteiger partial charge is 0.497 e. The summed E-state index contributed by atoms with van der Waals surface area (Å²) in [6, 6.07) is 17.8. The van der Waals surface area contributed by atoms with Crippen LogP contribution < -0.4 is 4.74 Å². The number of para-hydroxylation sites is 1. The van der Waals surface area contributed by atoms with E-state index in [-0.39, 0.29) is 5.91 Å². The topological polar surface area (TPSA) is 60.3 Å². The lowest BCUT2D eigenvalue weighted by atomic mass is 10.0. The van der Waals surface area contributed by atoms with Crippen LogP contribution in [0.2, 0.25) is 0 Å². The van der Waals surface area contributed by atoms with Crippen LogP contribution in [0.1, 0.15) is 19.8 Å². The maximum absolute atomic E-state index is 12.7. The van der Waals surface area contributed by atoms with E-state index in [2.05, 4.69) is 17.1 Å². The van der Waals surface area contributed by atoms with E-state index < -0.39 is 0 Å². The molecule has 1 aromatic heterocycles. The number of hydrogen-bond donors (Lipinski definition) is 0. The fourth-order valence-electron chi connectivity index (χ4n) is 3.73. The maximum Gasteiger partial charge on any atom is 0.233 e. The molecule has 1 aliphatic rings. The minimum Gasteiger partial charge on any atom is -0.497 e. The van der Waals surface area contributed by atoms with Gasteiger partial charge in [-0.15, -0.1) is 10.2 Å². The summed E-state index contributed by atoms with van der Waals surface area (Å²) in [6.07, 6.45) is 2.28. The lowest BCUT2D eigenvalue weighted by molar-refractivity contribution is -0.130. The zero-order valence-electron chi connectivity index (χ0n) is 17.3. The van der Waals surface area contributed by atoms with Gasteiger partial charge in [-0.1, -0.05) is 36.9 Å². The lowest BCUT2D eigenvalue weighted by Gasteiger charge is -2.30. The van der Waals surface area contributed by atoms with Gasteiger partial charge >= 0.3 is 0 Å². The van der Waals surface area contributed by atoms with E-state index in [1.54, 1.807) is 7.11 Å². The Balaban J connectivity index is 1.59. The molecular weight excluding hydrogens is 396 g/mol. The summed E-state index contributed by atoms with van der Waals surface area (Å²) in [6.45, 7) is 3.91. The first-order valence-corrected chi connectivity index (χ1v) is 11.2. The Bertz CT molecular complexity index is 988. The number of likely N-dealkylation sites (tertiary alicyclic amines) is 1. The first-order chi connectivity index (χ1) is 14.7. The van der Waals surface area contributed by atoms with E-state index in [4.69, 9.17) is 4.74 Å². The average molecular weight is 423 g/mol. The van der Waals surface area contributed by atoms with Gasteiger partial charge in [0.25, 0.3) is 0 Å². The Morgan fingerprint density at radius 2 is 1.90 bits per heavy atom. The normalized spacial score (nSPS) is 16.5. The molecule has 30 heavy (non-hydrogen) atoms. The van der Waals surface area contributed by atoms with Crippen LogP contribution in [0, 0.1) is 5.92 Å². The summed E-state index contributed by atoms with van der Waals surface area (Å²) in [5.41, 5.74) is 1.91. The van der Waals surface area contributed by atoms with E-state index in [9.17, 15) is 4.79 Å². The fourth-order valence-corrected chi connectivity index (χ4v) is 4.59. The summed E-state index contributed by atoms with van der Waals surface area (Å²) < 4.78 is 7.28. The molecule has 0 bridgehead atoms. The Hall–Kier alpha value is -2.80. The average Bonchev–Trinajstić information content (AvgIpc) is 3.22. The highest BCUT2D eigenvalue weighted by Gasteiger charge is 2.23. The van der Waals surface area contributed by atoms with Crippen molar-refractivity contribution in [2.24, 2.45) is 5.92 Å². The van der Waals surface area contributed by atoms with Crippen molar-refractivity contribution in [1.29, 1.82) is 0 Å². The number of thioether (sulfide) groups is 1. The highest BCUT2D eigenvalue weighted by atomic mass is 32.2. The Morgan fingerprint density at radius 1 is 1.13 bits per heavy atom. The lowest BCUT2D eigenvalue weighted by Crippen LogP contribution is -2.40. The van der Waals surface area contributed by atoms with Gasteiger partial charge in [0, 0.05) is 24.3 Å². The molecule has 0 saturated carbocycles. The summed E-state index contributed by atoms with van der Waals surface area (Å²) >= 11 is 1.44. The number of carbonyl (C=O) groups excluding carboxylic acids is 1. The quantitative estimate of drug-likeness (QED) is 0.555. The second-order valence-corrected chi connectivity index (χ2v) is 8.52. The summed E-state index contributed by atoms with van der Waals surface area (Å²) in [5, 5.41) is 9.58. The van der Waals surface area contributed by atoms with Crippen LogP contribution >= 0.6 is 11.8 Å². The van der Waals surface area contributed by atoms with Gasteiger partial charge in [-0.2, -0.15) is 0 Å². The maximum atomic E-state index is 12.7. The third-order valence-electron chi connectivity index (χ3n) is 5.33. The number of rotatable bonds is 6. The second kappa shape index (κ2) is 9.34. The molecule has 1 fully saturated rings. The Labute approximate surface area is 181 Å². The molecule has 156 valence electrons. The van der Waals surface area contributed by atoms with Gasteiger partial charge in [0.2, 0.25) is 5.91 Å². The highest BCUT2D eigenvalue weighted by Crippen LogP contribution is 2.29. The third kappa shape index (κ3) is 4.51. The third-order valence-corrected chi connectivity index (χ3v) is 6.24. The van der Waals surface area contributed by atoms with Gasteiger partial charge in [-0.3, -0.25) is 9.36 Å². The van der Waals surface area contributed by atoms with Gasteiger partial charge in [0.1, 0.15) is 5.75 Å². The van der Waals surface area contributed by atoms with Crippen molar-refractivity contribution >= 4 is 17.7 Å². The summed E-state index contributed by atoms with van der Waals surface area (Å²) in [4.78, 5) is 14.7. The molecular formula is C23H26N4O2S. The van der Waals surface area contributed by atoms with Crippen LogP contribution in [0.4, 0.5) is 0 Å². The number of carbonyl (C=O) groups is 1. The zero-order valence-corrected chi connectivity index (χ0v) is 18.1. The van der Waals surface area contributed by atoms with Crippen molar-refractivity contribution in [2.45, 2.75) is 24.9 Å². The predicted molar refractivity (Wildman–Crippen MR) is 119 cm³/mol. The van der Waals surface area contributed by atoms with Gasteiger partial charge in [-0.25, -0.2) is 0 Å². The molecule has 2 aromatic carbocycles. The van der Waals surface area contributed by atoms with Crippen molar-refractivity contribution in [2.75, 3.05) is 26.0 Å². The van der Waals surface area contributed by atoms with E-state index in [0.717, 1.165) is 42.3 Å². The molecule has 1 aliphatic heterocycles. The van der Waals surface area contributed by atoms with Crippen LogP contribution in [-0.2, 0) is 4.79 Å². The number of amides is 1. The van der Waals surface area contributed by atoms with E-state index >= 15 is 0 Å². The minimum atomic E-state index is 0.167. The molecule has 1 unspecified atom stereocenters. The van der Waals surface area contributed by atoms with Crippen molar-refractivity contribution in [3.63, 3.8) is 0 Å². The van der Waals surface area contributed by atoms with Crippen LogP contribution in [0.25, 0.3) is 17.1 Å². The first-order valence-electron chi connectivity index (χ1n) is 10.2. The molecule has 1 saturated heterocycles. The highest BCUT2D eigenvalue weighted by molar-refractivity contribution is 7.99. The Kier molecular flexibility index (Phi) is 6.38. The van der Waals surface area contributed by atoms with Crippen molar-refractivity contribution in [3.05, 3.63) is 54.6 Å². The molecule has 7 heteroatoms. The second-order valence-electron chi connectivity index (χ2n) is 7.58. The first kappa shape index (κ1) is 20.5. The molecule has 4 rings (SSSR count). The predicted octanol–water partition coefficient (Wildman–Crippen LogP) is 4.29. The smallest absolute Gasteiger partial charge is 0.233 e. The number of piperidine rings is 1. The van der Waals surface area contributed by atoms with Gasteiger partial charge in [0.15, 0.2) is 11.0 Å². The van der Waals surface area contributed by atoms with Crippen LogP contribution in [0.5, 0.6) is 5.75 Å². The summed E-state index contributed by atoms with van der Waals surface area (Å²) in [5.74, 6) is 2.63. The molecule has 2 heterocycles. The molecule has 1 atom stereocenters. The van der Waals surface area contributed by atoms with Crippen molar-refractivity contribution < 1.29 is 9.53 Å². The van der Waals surface area contributed by atoms with Crippen molar-refractivity contribution in [1.82, 2.24) is 19.7 Å². The number of benzene rings is 2.